The summed E-state index contributed by atoms with van der Waals surface area (Å²) in [5, 5.41) is 3.31. The fourth-order valence-corrected chi connectivity index (χ4v) is 2.71. The van der Waals surface area contributed by atoms with E-state index in [2.05, 4.69) is 24.1 Å². The standard InChI is InChI=1S/C17H28FN3/c1-14(2)19-13-15-6-7-17(16(18)12-15)20(3)10-11-21-8-4-5-9-21/h6-7,12,14,19H,4-5,8-11,13H2,1-3H3. The lowest BCUT2D eigenvalue weighted by Crippen LogP contribution is -2.31. The van der Waals surface area contributed by atoms with Gasteiger partial charge in [0.15, 0.2) is 0 Å². The first-order chi connectivity index (χ1) is 10.1. The molecule has 1 aromatic rings. The second kappa shape index (κ2) is 7.76. The van der Waals surface area contributed by atoms with E-state index in [0.29, 0.717) is 18.3 Å². The molecular weight excluding hydrogens is 265 g/mol. The lowest BCUT2D eigenvalue weighted by Gasteiger charge is -2.24. The minimum atomic E-state index is -0.123. The first-order valence-electron chi connectivity index (χ1n) is 8.01. The maximum absolute atomic E-state index is 14.2. The van der Waals surface area contributed by atoms with Gasteiger partial charge in [0.2, 0.25) is 0 Å². The molecule has 1 fully saturated rings. The van der Waals surface area contributed by atoms with E-state index in [1.807, 2.05) is 24.1 Å². The Morgan fingerprint density at radius 1 is 1.29 bits per heavy atom. The number of anilines is 1. The van der Waals surface area contributed by atoms with Gasteiger partial charge in [0.05, 0.1) is 5.69 Å². The van der Waals surface area contributed by atoms with Crippen molar-refractivity contribution in [2.24, 2.45) is 0 Å². The lowest BCUT2D eigenvalue weighted by molar-refractivity contribution is 0.346. The summed E-state index contributed by atoms with van der Waals surface area (Å²) < 4.78 is 14.2. The molecule has 21 heavy (non-hydrogen) atoms. The van der Waals surface area contributed by atoms with Crippen molar-refractivity contribution in [2.75, 3.05) is 38.1 Å². The van der Waals surface area contributed by atoms with Gasteiger partial charge in [-0.15, -0.1) is 0 Å². The number of likely N-dealkylation sites (tertiary alicyclic amines) is 1. The van der Waals surface area contributed by atoms with Crippen LogP contribution >= 0.6 is 0 Å². The number of rotatable bonds is 7. The van der Waals surface area contributed by atoms with Crippen LogP contribution < -0.4 is 10.2 Å². The molecule has 1 aromatic carbocycles. The monoisotopic (exact) mass is 293 g/mol. The molecule has 1 aliphatic rings. The van der Waals surface area contributed by atoms with Gasteiger partial charge in [-0.3, -0.25) is 0 Å². The van der Waals surface area contributed by atoms with E-state index < -0.39 is 0 Å². The molecular formula is C17H28FN3. The van der Waals surface area contributed by atoms with Crippen LogP contribution in [0.5, 0.6) is 0 Å². The molecule has 1 heterocycles. The van der Waals surface area contributed by atoms with Crippen molar-refractivity contribution in [2.45, 2.75) is 39.3 Å². The van der Waals surface area contributed by atoms with Gasteiger partial charge in [0, 0.05) is 32.7 Å². The smallest absolute Gasteiger partial charge is 0.146 e. The zero-order valence-corrected chi connectivity index (χ0v) is 13.5. The van der Waals surface area contributed by atoms with Crippen molar-refractivity contribution >= 4 is 5.69 Å². The highest BCUT2D eigenvalue weighted by molar-refractivity contribution is 5.48. The molecule has 118 valence electrons. The predicted molar refractivity (Wildman–Crippen MR) is 87.3 cm³/mol. The summed E-state index contributed by atoms with van der Waals surface area (Å²) in [6.45, 7) is 9.18. The van der Waals surface area contributed by atoms with Crippen LogP contribution in [-0.2, 0) is 6.54 Å². The van der Waals surface area contributed by atoms with Crippen LogP contribution in [0.25, 0.3) is 0 Å². The van der Waals surface area contributed by atoms with Crippen LogP contribution in [0, 0.1) is 5.82 Å². The first kappa shape index (κ1) is 16.2. The zero-order valence-electron chi connectivity index (χ0n) is 13.5. The molecule has 0 spiro atoms. The highest BCUT2D eigenvalue weighted by atomic mass is 19.1. The Labute approximate surface area is 128 Å². The second-order valence-corrected chi connectivity index (χ2v) is 6.29. The van der Waals surface area contributed by atoms with Crippen molar-refractivity contribution in [1.82, 2.24) is 10.2 Å². The third kappa shape index (κ3) is 4.97. The predicted octanol–water partition coefficient (Wildman–Crippen LogP) is 2.86. The highest BCUT2D eigenvalue weighted by Gasteiger charge is 2.13. The first-order valence-corrected chi connectivity index (χ1v) is 8.01. The van der Waals surface area contributed by atoms with Gasteiger partial charge in [0.25, 0.3) is 0 Å². The Bertz CT molecular complexity index is 442. The van der Waals surface area contributed by atoms with E-state index >= 15 is 0 Å². The molecule has 1 N–H and O–H groups in total. The maximum atomic E-state index is 14.2. The summed E-state index contributed by atoms with van der Waals surface area (Å²) >= 11 is 0. The van der Waals surface area contributed by atoms with E-state index in [1.165, 1.54) is 25.9 Å². The molecule has 0 aliphatic carbocycles. The summed E-state index contributed by atoms with van der Waals surface area (Å²) in [7, 11) is 1.97. The van der Waals surface area contributed by atoms with Gasteiger partial charge < -0.3 is 15.1 Å². The fourth-order valence-electron chi connectivity index (χ4n) is 2.71. The van der Waals surface area contributed by atoms with Crippen molar-refractivity contribution in [3.8, 4) is 0 Å². The fraction of sp³-hybridized carbons (Fsp3) is 0.647. The SMILES string of the molecule is CC(C)NCc1ccc(N(C)CCN2CCCC2)c(F)c1. The van der Waals surface area contributed by atoms with Crippen molar-refractivity contribution in [3.63, 3.8) is 0 Å². The summed E-state index contributed by atoms with van der Waals surface area (Å²) in [5.74, 6) is -0.123. The maximum Gasteiger partial charge on any atom is 0.146 e. The third-order valence-corrected chi connectivity index (χ3v) is 4.09. The van der Waals surface area contributed by atoms with Gasteiger partial charge in [-0.05, 0) is 43.6 Å². The Hall–Kier alpha value is -1.13. The average molecular weight is 293 g/mol. The van der Waals surface area contributed by atoms with Gasteiger partial charge in [-0.2, -0.15) is 0 Å². The molecule has 0 bridgehead atoms. The molecule has 0 atom stereocenters. The molecule has 0 aromatic heterocycles. The molecule has 0 saturated carbocycles. The molecule has 0 amide bonds. The number of likely N-dealkylation sites (N-methyl/N-ethyl adjacent to an activating group) is 1. The van der Waals surface area contributed by atoms with Crippen LogP contribution in [0.2, 0.25) is 0 Å². The molecule has 3 nitrogen and oxygen atoms in total. The lowest BCUT2D eigenvalue weighted by atomic mass is 10.1. The summed E-state index contributed by atoms with van der Waals surface area (Å²) in [6, 6.07) is 5.98. The molecule has 0 radical (unpaired) electrons. The highest BCUT2D eigenvalue weighted by Crippen LogP contribution is 2.20. The van der Waals surface area contributed by atoms with E-state index in [-0.39, 0.29) is 5.82 Å². The third-order valence-electron chi connectivity index (χ3n) is 4.09. The molecule has 1 saturated heterocycles. The van der Waals surface area contributed by atoms with E-state index in [4.69, 9.17) is 0 Å². The average Bonchev–Trinajstić information content (AvgIpc) is 2.96. The molecule has 4 heteroatoms. The number of hydrogen-bond acceptors (Lipinski definition) is 3. The Morgan fingerprint density at radius 3 is 2.62 bits per heavy atom. The normalized spacial score (nSPS) is 15.9. The minimum absolute atomic E-state index is 0.123. The van der Waals surface area contributed by atoms with Crippen molar-refractivity contribution in [3.05, 3.63) is 29.6 Å². The summed E-state index contributed by atoms with van der Waals surface area (Å²) in [5.41, 5.74) is 1.69. The molecule has 0 unspecified atom stereocenters. The zero-order chi connectivity index (χ0) is 15.2. The largest absolute Gasteiger partial charge is 0.371 e. The molecule has 1 aliphatic heterocycles. The number of nitrogens with one attached hydrogen (secondary N) is 1. The van der Waals surface area contributed by atoms with Crippen LogP contribution in [-0.4, -0.2) is 44.2 Å². The second-order valence-electron chi connectivity index (χ2n) is 6.29. The number of hydrogen-bond donors (Lipinski definition) is 1. The van der Waals surface area contributed by atoms with Crippen LogP contribution in [0.15, 0.2) is 18.2 Å². The Kier molecular flexibility index (Phi) is 6.00. The topological polar surface area (TPSA) is 18.5 Å². The van der Waals surface area contributed by atoms with Crippen LogP contribution in [0.3, 0.4) is 0 Å². The van der Waals surface area contributed by atoms with E-state index in [9.17, 15) is 4.39 Å². The Balaban J connectivity index is 1.89. The Morgan fingerprint density at radius 2 is 2.00 bits per heavy atom. The number of nitrogens with zero attached hydrogens (tertiary/aromatic N) is 2. The molecule has 2 rings (SSSR count). The van der Waals surface area contributed by atoms with Crippen molar-refractivity contribution < 1.29 is 4.39 Å². The van der Waals surface area contributed by atoms with Gasteiger partial charge in [0.1, 0.15) is 5.82 Å². The van der Waals surface area contributed by atoms with E-state index in [0.717, 1.165) is 18.7 Å². The number of halogens is 1. The van der Waals surface area contributed by atoms with Crippen LogP contribution in [0.4, 0.5) is 10.1 Å². The van der Waals surface area contributed by atoms with Crippen molar-refractivity contribution in [1.29, 1.82) is 0 Å². The van der Waals surface area contributed by atoms with Crippen LogP contribution in [0.1, 0.15) is 32.3 Å². The summed E-state index contributed by atoms with van der Waals surface area (Å²) in [6.07, 6.45) is 2.60. The van der Waals surface area contributed by atoms with Gasteiger partial charge in [-0.1, -0.05) is 19.9 Å². The quantitative estimate of drug-likeness (QED) is 0.834. The number of benzene rings is 1. The van der Waals surface area contributed by atoms with E-state index in [1.54, 1.807) is 6.07 Å². The summed E-state index contributed by atoms with van der Waals surface area (Å²) in [4.78, 5) is 4.47. The van der Waals surface area contributed by atoms with Gasteiger partial charge >= 0.3 is 0 Å². The minimum Gasteiger partial charge on any atom is -0.371 e. The van der Waals surface area contributed by atoms with Gasteiger partial charge in [-0.25, -0.2) is 4.39 Å².